The molecule has 0 aliphatic rings. The predicted octanol–water partition coefficient (Wildman–Crippen LogP) is 2.74. The van der Waals surface area contributed by atoms with Crippen LogP contribution in [0, 0.1) is 0 Å². The Morgan fingerprint density at radius 2 is 2.00 bits per heavy atom. The largest absolute Gasteiger partial charge is 0.417 e. The highest BCUT2D eigenvalue weighted by molar-refractivity contribution is 6.31. The number of halogens is 4. The predicted molar refractivity (Wildman–Crippen MR) is 55.1 cm³/mol. The molecule has 90 valence electrons. The van der Waals surface area contributed by atoms with Crippen LogP contribution in [0.25, 0.3) is 0 Å². The second kappa shape index (κ2) is 5.03. The molecule has 1 rings (SSSR count). The lowest BCUT2D eigenvalue weighted by atomic mass is 10.0. The summed E-state index contributed by atoms with van der Waals surface area (Å²) in [5, 5.41) is 9.10. The fraction of sp³-hybridized carbons (Fsp3) is 0.400. The van der Waals surface area contributed by atoms with Gasteiger partial charge in [0, 0.05) is 0 Å². The molecule has 0 heterocycles. The summed E-state index contributed by atoms with van der Waals surface area (Å²) in [7, 11) is 0. The van der Waals surface area contributed by atoms with E-state index in [2.05, 4.69) is 0 Å². The molecule has 0 aliphatic carbocycles. The van der Waals surface area contributed by atoms with Gasteiger partial charge in [-0.05, 0) is 30.7 Å². The van der Waals surface area contributed by atoms with Gasteiger partial charge in [0.1, 0.15) is 0 Å². The molecule has 0 radical (unpaired) electrons. The van der Waals surface area contributed by atoms with Gasteiger partial charge in [0.15, 0.2) is 0 Å². The van der Waals surface area contributed by atoms with Crippen molar-refractivity contribution in [2.24, 2.45) is 5.73 Å². The monoisotopic (exact) mass is 253 g/mol. The average Bonchev–Trinajstić information content (AvgIpc) is 2.16. The number of benzene rings is 1. The van der Waals surface area contributed by atoms with E-state index in [0.717, 1.165) is 12.1 Å². The summed E-state index contributed by atoms with van der Waals surface area (Å²) < 4.78 is 37.1. The lowest BCUT2D eigenvalue weighted by Gasteiger charge is -2.13. The van der Waals surface area contributed by atoms with E-state index >= 15 is 0 Å². The van der Waals surface area contributed by atoms with Gasteiger partial charge in [-0.25, -0.2) is 0 Å². The van der Waals surface area contributed by atoms with Gasteiger partial charge >= 0.3 is 6.18 Å². The van der Waals surface area contributed by atoms with Crippen LogP contribution in [-0.2, 0) is 6.18 Å². The Bertz CT molecular complexity index is 368. The Kier molecular flexibility index (Phi) is 4.18. The Labute approximate surface area is 95.8 Å². The van der Waals surface area contributed by atoms with Crippen LogP contribution in [0.3, 0.4) is 0 Å². The van der Waals surface area contributed by atoms with Crippen LogP contribution in [0.2, 0.25) is 5.02 Å². The van der Waals surface area contributed by atoms with Crippen LogP contribution in [0.1, 0.15) is 23.7 Å². The minimum absolute atomic E-state index is 0.250. The summed E-state index contributed by atoms with van der Waals surface area (Å²) in [4.78, 5) is 0. The van der Waals surface area contributed by atoms with E-state index in [9.17, 15) is 18.3 Å². The summed E-state index contributed by atoms with van der Waals surface area (Å²) in [5.74, 6) is 0. The van der Waals surface area contributed by atoms with Gasteiger partial charge in [-0.15, -0.1) is 0 Å². The SMILES string of the molecule is NCC[C@H](O)c1ccc(C(F)(F)F)c(Cl)c1. The van der Waals surface area contributed by atoms with Crippen molar-refractivity contribution in [3.05, 3.63) is 34.3 Å². The normalized spacial score (nSPS) is 13.9. The molecule has 16 heavy (non-hydrogen) atoms. The number of hydrogen-bond donors (Lipinski definition) is 2. The second-order valence-electron chi connectivity index (χ2n) is 3.33. The first-order valence-electron chi connectivity index (χ1n) is 4.61. The summed E-state index contributed by atoms with van der Waals surface area (Å²) in [5.41, 5.74) is 4.66. The first-order valence-corrected chi connectivity index (χ1v) is 4.99. The zero-order valence-corrected chi connectivity index (χ0v) is 9.02. The Morgan fingerprint density at radius 3 is 2.44 bits per heavy atom. The van der Waals surface area contributed by atoms with Crippen LogP contribution in [-0.4, -0.2) is 11.7 Å². The highest BCUT2D eigenvalue weighted by Gasteiger charge is 2.33. The minimum Gasteiger partial charge on any atom is -0.388 e. The number of alkyl halides is 3. The zero-order chi connectivity index (χ0) is 12.3. The molecule has 6 heteroatoms. The van der Waals surface area contributed by atoms with Crippen LogP contribution >= 0.6 is 11.6 Å². The number of rotatable bonds is 3. The molecule has 0 bridgehead atoms. The molecule has 0 spiro atoms. The van der Waals surface area contributed by atoms with Crippen LogP contribution in [0.4, 0.5) is 13.2 Å². The molecule has 1 atom stereocenters. The smallest absolute Gasteiger partial charge is 0.388 e. The summed E-state index contributed by atoms with van der Waals surface area (Å²) >= 11 is 5.50. The highest BCUT2D eigenvalue weighted by Crippen LogP contribution is 2.35. The summed E-state index contributed by atoms with van der Waals surface area (Å²) in [6.45, 7) is 0.250. The van der Waals surface area contributed by atoms with Crippen molar-refractivity contribution in [1.82, 2.24) is 0 Å². The first kappa shape index (κ1) is 13.3. The van der Waals surface area contributed by atoms with Crippen molar-refractivity contribution in [1.29, 1.82) is 0 Å². The summed E-state index contributed by atoms with van der Waals surface area (Å²) in [6.07, 6.45) is -5.08. The second-order valence-corrected chi connectivity index (χ2v) is 3.74. The van der Waals surface area contributed by atoms with Gasteiger partial charge in [0.05, 0.1) is 16.7 Å². The molecule has 1 aromatic rings. The quantitative estimate of drug-likeness (QED) is 0.870. The van der Waals surface area contributed by atoms with E-state index in [4.69, 9.17) is 17.3 Å². The summed E-state index contributed by atoms with van der Waals surface area (Å²) in [6, 6.07) is 3.18. The van der Waals surface area contributed by atoms with Gasteiger partial charge < -0.3 is 10.8 Å². The van der Waals surface area contributed by atoms with Gasteiger partial charge in [0.25, 0.3) is 0 Å². The maximum Gasteiger partial charge on any atom is 0.417 e. The van der Waals surface area contributed by atoms with E-state index in [1.807, 2.05) is 0 Å². The topological polar surface area (TPSA) is 46.2 Å². The van der Waals surface area contributed by atoms with Gasteiger partial charge in [-0.2, -0.15) is 13.2 Å². The molecule has 0 aliphatic heterocycles. The molecule has 0 saturated carbocycles. The van der Waals surface area contributed by atoms with Crippen LogP contribution in [0.15, 0.2) is 18.2 Å². The number of aliphatic hydroxyl groups excluding tert-OH is 1. The lowest BCUT2D eigenvalue weighted by Crippen LogP contribution is -2.09. The molecule has 0 saturated heterocycles. The highest BCUT2D eigenvalue weighted by atomic mass is 35.5. The first-order chi connectivity index (χ1) is 7.36. The fourth-order valence-electron chi connectivity index (χ4n) is 1.29. The van der Waals surface area contributed by atoms with Crippen molar-refractivity contribution >= 4 is 11.6 Å². The Hall–Kier alpha value is -0.780. The number of hydrogen-bond acceptors (Lipinski definition) is 2. The number of nitrogens with two attached hydrogens (primary N) is 1. The van der Waals surface area contributed by atoms with Crippen molar-refractivity contribution in [2.45, 2.75) is 18.7 Å². The Morgan fingerprint density at radius 1 is 1.38 bits per heavy atom. The van der Waals surface area contributed by atoms with E-state index in [-0.39, 0.29) is 13.0 Å². The standard InChI is InChI=1S/C10H11ClF3NO/c11-8-5-6(9(16)3-4-15)1-2-7(8)10(12,13)14/h1-2,5,9,16H,3-4,15H2/t9-/m0/s1. The third-order valence-corrected chi connectivity index (χ3v) is 2.44. The number of aliphatic hydroxyl groups is 1. The molecule has 0 fully saturated rings. The molecule has 0 unspecified atom stereocenters. The molecule has 0 amide bonds. The van der Waals surface area contributed by atoms with Crippen molar-refractivity contribution in [3.8, 4) is 0 Å². The van der Waals surface area contributed by atoms with Crippen molar-refractivity contribution < 1.29 is 18.3 Å². The maximum atomic E-state index is 12.4. The molecule has 0 aromatic heterocycles. The minimum atomic E-state index is -4.48. The Balaban J connectivity index is 3.00. The van der Waals surface area contributed by atoms with Crippen LogP contribution in [0.5, 0.6) is 0 Å². The molecule has 1 aromatic carbocycles. The fourth-order valence-corrected chi connectivity index (χ4v) is 1.59. The molecular weight excluding hydrogens is 243 g/mol. The maximum absolute atomic E-state index is 12.4. The van der Waals surface area contributed by atoms with Gasteiger partial charge in [-0.1, -0.05) is 17.7 Å². The van der Waals surface area contributed by atoms with Gasteiger partial charge in [-0.3, -0.25) is 0 Å². The van der Waals surface area contributed by atoms with Crippen molar-refractivity contribution in [2.75, 3.05) is 6.54 Å². The van der Waals surface area contributed by atoms with E-state index in [1.165, 1.54) is 6.07 Å². The third-order valence-electron chi connectivity index (χ3n) is 2.12. The van der Waals surface area contributed by atoms with Gasteiger partial charge in [0.2, 0.25) is 0 Å². The average molecular weight is 254 g/mol. The molecule has 2 nitrogen and oxygen atoms in total. The van der Waals surface area contributed by atoms with E-state index in [0.29, 0.717) is 5.56 Å². The third kappa shape index (κ3) is 3.10. The molecule has 3 N–H and O–H groups in total. The van der Waals surface area contributed by atoms with Crippen molar-refractivity contribution in [3.63, 3.8) is 0 Å². The lowest BCUT2D eigenvalue weighted by molar-refractivity contribution is -0.137. The van der Waals surface area contributed by atoms with E-state index in [1.54, 1.807) is 0 Å². The van der Waals surface area contributed by atoms with E-state index < -0.39 is 22.9 Å². The molecular formula is C10H11ClF3NO. The zero-order valence-electron chi connectivity index (χ0n) is 8.26. The van der Waals surface area contributed by atoms with Crippen LogP contribution < -0.4 is 5.73 Å².